The molecule has 0 bridgehead atoms. The summed E-state index contributed by atoms with van der Waals surface area (Å²) in [5.74, 6) is -0.204. The third-order valence-corrected chi connectivity index (χ3v) is 3.47. The van der Waals surface area contributed by atoms with Crippen LogP contribution in [-0.2, 0) is 9.53 Å². The molecular weight excluding hydrogens is 303 g/mol. The van der Waals surface area contributed by atoms with E-state index in [-0.39, 0.29) is 24.9 Å². The molecule has 0 aliphatic carbocycles. The van der Waals surface area contributed by atoms with Crippen molar-refractivity contribution in [2.45, 2.75) is 19.4 Å². The Hall–Kier alpha value is -1.46. The van der Waals surface area contributed by atoms with E-state index in [1.807, 2.05) is 6.92 Å². The number of alkyl carbamates (subject to hydrolysis) is 1. The van der Waals surface area contributed by atoms with Gasteiger partial charge >= 0.3 is 6.09 Å². The Balaban J connectivity index is 2.49. The SMILES string of the molecule is COC(=O)NCCC(=O)NC(C)c1cccc(Cl)c1Cl. The van der Waals surface area contributed by atoms with Crippen molar-refractivity contribution in [3.05, 3.63) is 33.8 Å². The van der Waals surface area contributed by atoms with Gasteiger partial charge in [-0.25, -0.2) is 4.79 Å². The fraction of sp³-hybridized carbons (Fsp3) is 0.385. The first-order chi connectivity index (χ1) is 9.45. The van der Waals surface area contributed by atoms with Gasteiger partial charge in [0.1, 0.15) is 0 Å². The molecule has 1 rings (SSSR count). The molecule has 0 heterocycles. The molecular formula is C13H16Cl2N2O3. The summed E-state index contributed by atoms with van der Waals surface area (Å²) in [6.07, 6.45) is -0.416. The summed E-state index contributed by atoms with van der Waals surface area (Å²) in [4.78, 5) is 22.5. The van der Waals surface area contributed by atoms with Gasteiger partial charge in [0.2, 0.25) is 5.91 Å². The molecule has 5 nitrogen and oxygen atoms in total. The van der Waals surface area contributed by atoms with E-state index in [0.29, 0.717) is 10.0 Å². The molecule has 1 unspecified atom stereocenters. The van der Waals surface area contributed by atoms with Crippen LogP contribution in [0, 0.1) is 0 Å². The summed E-state index contributed by atoms with van der Waals surface area (Å²) >= 11 is 12.0. The van der Waals surface area contributed by atoms with Crippen molar-refractivity contribution in [3.63, 3.8) is 0 Å². The second-order valence-electron chi connectivity index (χ2n) is 4.10. The molecule has 1 aromatic rings. The number of rotatable bonds is 5. The predicted octanol–water partition coefficient (Wildman–Crippen LogP) is 2.92. The summed E-state index contributed by atoms with van der Waals surface area (Å²) in [5, 5.41) is 6.08. The second-order valence-corrected chi connectivity index (χ2v) is 4.89. The lowest BCUT2D eigenvalue weighted by Crippen LogP contribution is -2.32. The lowest BCUT2D eigenvalue weighted by atomic mass is 10.1. The highest BCUT2D eigenvalue weighted by atomic mass is 35.5. The number of carbonyl (C=O) groups excluding carboxylic acids is 2. The molecule has 0 aliphatic rings. The number of hydrogen-bond acceptors (Lipinski definition) is 3. The molecule has 7 heteroatoms. The van der Waals surface area contributed by atoms with E-state index in [2.05, 4.69) is 15.4 Å². The molecule has 20 heavy (non-hydrogen) atoms. The number of halogens is 2. The van der Waals surface area contributed by atoms with Crippen LogP contribution in [0.15, 0.2) is 18.2 Å². The summed E-state index contributed by atoms with van der Waals surface area (Å²) < 4.78 is 4.40. The van der Waals surface area contributed by atoms with Crippen molar-refractivity contribution in [2.75, 3.05) is 13.7 Å². The van der Waals surface area contributed by atoms with Crippen molar-refractivity contribution < 1.29 is 14.3 Å². The Kier molecular flexibility index (Phi) is 6.61. The molecule has 0 aromatic heterocycles. The van der Waals surface area contributed by atoms with Gasteiger partial charge in [-0.05, 0) is 18.6 Å². The maximum absolute atomic E-state index is 11.7. The molecule has 2 amide bonds. The zero-order valence-corrected chi connectivity index (χ0v) is 12.7. The van der Waals surface area contributed by atoms with Crippen LogP contribution in [-0.4, -0.2) is 25.7 Å². The van der Waals surface area contributed by atoms with Crippen molar-refractivity contribution in [3.8, 4) is 0 Å². The highest BCUT2D eigenvalue weighted by Crippen LogP contribution is 2.29. The van der Waals surface area contributed by atoms with Crippen molar-refractivity contribution in [1.82, 2.24) is 10.6 Å². The maximum atomic E-state index is 11.7. The number of methoxy groups -OCH3 is 1. The van der Waals surface area contributed by atoms with Crippen LogP contribution in [0.3, 0.4) is 0 Å². The number of hydrogen-bond donors (Lipinski definition) is 2. The summed E-state index contributed by atoms with van der Waals surface area (Å²) in [6.45, 7) is 2.01. The highest BCUT2D eigenvalue weighted by molar-refractivity contribution is 6.42. The average molecular weight is 319 g/mol. The summed E-state index contributed by atoms with van der Waals surface area (Å²) in [7, 11) is 1.26. The number of carbonyl (C=O) groups is 2. The Morgan fingerprint density at radius 1 is 1.35 bits per heavy atom. The van der Waals surface area contributed by atoms with Gasteiger partial charge in [-0.3, -0.25) is 4.79 Å². The van der Waals surface area contributed by atoms with Crippen LogP contribution in [0.25, 0.3) is 0 Å². The van der Waals surface area contributed by atoms with Gasteiger partial charge in [0.15, 0.2) is 0 Å². The first-order valence-corrected chi connectivity index (χ1v) is 6.76. The van der Waals surface area contributed by atoms with Gasteiger partial charge in [0.25, 0.3) is 0 Å². The Morgan fingerprint density at radius 3 is 2.70 bits per heavy atom. The zero-order chi connectivity index (χ0) is 15.1. The van der Waals surface area contributed by atoms with E-state index < -0.39 is 6.09 Å². The van der Waals surface area contributed by atoms with Crippen molar-refractivity contribution in [1.29, 1.82) is 0 Å². The molecule has 0 aliphatic heterocycles. The summed E-state index contributed by atoms with van der Waals surface area (Å²) in [5.41, 5.74) is 0.744. The molecule has 0 spiro atoms. The van der Waals surface area contributed by atoms with Gasteiger partial charge < -0.3 is 15.4 Å². The molecule has 0 saturated heterocycles. The molecule has 110 valence electrons. The molecule has 0 saturated carbocycles. The van der Waals surface area contributed by atoms with Gasteiger partial charge in [-0.15, -0.1) is 0 Å². The minimum absolute atomic E-state index is 0.150. The van der Waals surface area contributed by atoms with Gasteiger partial charge in [-0.1, -0.05) is 35.3 Å². The molecule has 2 N–H and O–H groups in total. The first kappa shape index (κ1) is 16.6. The minimum Gasteiger partial charge on any atom is -0.453 e. The fourth-order valence-corrected chi connectivity index (χ4v) is 2.07. The van der Waals surface area contributed by atoms with Crippen LogP contribution < -0.4 is 10.6 Å². The monoisotopic (exact) mass is 318 g/mol. The van der Waals surface area contributed by atoms with Crippen LogP contribution in [0.5, 0.6) is 0 Å². The Labute approximate surface area is 127 Å². The van der Waals surface area contributed by atoms with E-state index >= 15 is 0 Å². The van der Waals surface area contributed by atoms with Crippen LogP contribution in [0.1, 0.15) is 24.9 Å². The lowest BCUT2D eigenvalue weighted by molar-refractivity contribution is -0.121. The smallest absolute Gasteiger partial charge is 0.406 e. The lowest BCUT2D eigenvalue weighted by Gasteiger charge is -2.16. The largest absolute Gasteiger partial charge is 0.453 e. The van der Waals surface area contributed by atoms with Crippen molar-refractivity contribution in [2.24, 2.45) is 0 Å². The quantitative estimate of drug-likeness (QED) is 0.877. The fourth-order valence-electron chi connectivity index (χ4n) is 1.60. The van der Waals surface area contributed by atoms with E-state index in [1.165, 1.54) is 7.11 Å². The molecule has 1 atom stereocenters. The van der Waals surface area contributed by atoms with E-state index in [1.54, 1.807) is 18.2 Å². The number of amides is 2. The van der Waals surface area contributed by atoms with Gasteiger partial charge in [0.05, 0.1) is 23.2 Å². The van der Waals surface area contributed by atoms with E-state index in [4.69, 9.17) is 23.2 Å². The Bertz CT molecular complexity index is 495. The number of ether oxygens (including phenoxy) is 1. The zero-order valence-electron chi connectivity index (χ0n) is 11.2. The minimum atomic E-state index is -0.566. The average Bonchev–Trinajstić information content (AvgIpc) is 2.41. The standard InChI is InChI=1S/C13H16Cl2N2O3/c1-8(9-4-3-5-10(14)12(9)15)17-11(18)6-7-16-13(19)20-2/h3-5,8H,6-7H2,1-2H3,(H,16,19)(H,17,18). The van der Waals surface area contributed by atoms with Gasteiger partial charge in [0, 0.05) is 13.0 Å². The normalized spacial score (nSPS) is 11.6. The first-order valence-electron chi connectivity index (χ1n) is 6.00. The topological polar surface area (TPSA) is 67.4 Å². The number of benzene rings is 1. The maximum Gasteiger partial charge on any atom is 0.406 e. The summed E-state index contributed by atoms with van der Waals surface area (Å²) in [6, 6.07) is 4.98. The molecule has 0 fully saturated rings. The Morgan fingerprint density at radius 2 is 2.05 bits per heavy atom. The van der Waals surface area contributed by atoms with E-state index in [0.717, 1.165) is 5.56 Å². The molecule has 1 aromatic carbocycles. The number of nitrogens with one attached hydrogen (secondary N) is 2. The van der Waals surface area contributed by atoms with Gasteiger partial charge in [-0.2, -0.15) is 0 Å². The van der Waals surface area contributed by atoms with Crippen LogP contribution >= 0.6 is 23.2 Å². The third kappa shape index (κ3) is 4.90. The molecule has 0 radical (unpaired) electrons. The predicted molar refractivity (Wildman–Crippen MR) is 78.0 cm³/mol. The second kappa shape index (κ2) is 7.97. The third-order valence-electron chi connectivity index (χ3n) is 2.63. The van der Waals surface area contributed by atoms with Crippen LogP contribution in [0.4, 0.5) is 4.79 Å². The van der Waals surface area contributed by atoms with Crippen molar-refractivity contribution >= 4 is 35.2 Å². The van der Waals surface area contributed by atoms with E-state index in [9.17, 15) is 9.59 Å². The van der Waals surface area contributed by atoms with Crippen LogP contribution in [0.2, 0.25) is 10.0 Å². The highest BCUT2D eigenvalue weighted by Gasteiger charge is 2.14.